The molecule has 1 aliphatic heterocycles. The third-order valence-electron chi connectivity index (χ3n) is 1.79. The van der Waals surface area contributed by atoms with Crippen LogP contribution in [0.25, 0.3) is 5.32 Å². The molecule has 16 heavy (non-hydrogen) atoms. The van der Waals surface area contributed by atoms with E-state index in [4.69, 9.17) is 4.74 Å². The largest absolute Gasteiger partial charge is 0.662 e. The smallest absolute Gasteiger partial charge is 0.108 e. The summed E-state index contributed by atoms with van der Waals surface area (Å²) in [7, 11) is 0. The van der Waals surface area contributed by atoms with Gasteiger partial charge in [0, 0.05) is 32.7 Å². The first-order chi connectivity index (χ1) is 7.43. The van der Waals surface area contributed by atoms with Crippen LogP contribution in [0.1, 0.15) is 47.5 Å². The molecule has 1 rings (SSSR count). The molecule has 0 unspecified atom stereocenters. The summed E-state index contributed by atoms with van der Waals surface area (Å²) in [6.45, 7) is 12.3. The Morgan fingerprint density at radius 2 is 1.62 bits per heavy atom. The first kappa shape index (κ1) is 21.8. The van der Waals surface area contributed by atoms with E-state index in [-0.39, 0.29) is 32.7 Å². The number of hydrogen-bond donors (Lipinski definition) is 0. The van der Waals surface area contributed by atoms with Crippen LogP contribution in [-0.4, -0.2) is 25.8 Å². The predicted octanol–water partition coefficient (Wildman–Crippen LogP) is 3.61. The second kappa shape index (κ2) is 20.9. The molecule has 0 amide bonds. The molecule has 0 bridgehead atoms. The molecule has 3 heteroatoms. The van der Waals surface area contributed by atoms with Crippen molar-refractivity contribution < 1.29 is 37.4 Å². The molecule has 0 atom stereocenters. The Hall–Kier alpha value is 0.584. The number of nitrogens with zero attached hydrogens (tertiary/aromatic N) is 1. The quantitative estimate of drug-likeness (QED) is 0.715. The van der Waals surface area contributed by atoms with Crippen LogP contribution in [0.2, 0.25) is 0 Å². The van der Waals surface area contributed by atoms with Crippen molar-refractivity contribution >= 4 is 0 Å². The van der Waals surface area contributed by atoms with E-state index in [0.29, 0.717) is 12.7 Å². The van der Waals surface area contributed by atoms with Crippen molar-refractivity contribution in [2.45, 2.75) is 53.6 Å². The molecule has 0 N–H and O–H groups in total. The Kier molecular flexibility index (Phi) is 28.6. The molecule has 0 aromatic heterocycles. The minimum absolute atomic E-state index is 0. The Morgan fingerprint density at radius 3 is 2.06 bits per heavy atom. The van der Waals surface area contributed by atoms with Gasteiger partial charge in [-0.1, -0.05) is 33.6 Å². The Bertz CT molecular complexity index is 157. The third kappa shape index (κ3) is 14.6. The molecular weight excluding hydrogens is 275 g/mol. The van der Waals surface area contributed by atoms with Gasteiger partial charge in [-0.05, 0) is 19.8 Å². The van der Waals surface area contributed by atoms with Gasteiger partial charge in [0.15, 0.2) is 0 Å². The zero-order valence-electron chi connectivity index (χ0n) is 11.5. The third-order valence-corrected chi connectivity index (χ3v) is 1.79. The average molecular weight is 301 g/mol. The fraction of sp³-hybridized carbons (Fsp3) is 0.846. The molecule has 1 heterocycles. The molecule has 1 fully saturated rings. The molecule has 0 saturated carbocycles. The normalized spacial score (nSPS) is 13.8. The standard InChI is InChI=1S/C9H14NO.2C2H6.Y/c1-2-3-8-11-9-4-6-10-7-5-9;2*1-2;/h9H,4-8H2,1H3;2*1-2H3;/q-1;;;. The second-order valence-corrected chi connectivity index (χ2v) is 2.61. The van der Waals surface area contributed by atoms with Crippen LogP contribution in [0.15, 0.2) is 0 Å². The zero-order chi connectivity index (χ0) is 11.9. The van der Waals surface area contributed by atoms with E-state index < -0.39 is 0 Å². The van der Waals surface area contributed by atoms with Gasteiger partial charge < -0.3 is 10.1 Å². The molecule has 0 aromatic rings. The van der Waals surface area contributed by atoms with Gasteiger partial charge in [-0.2, -0.15) is 0 Å². The first-order valence-corrected chi connectivity index (χ1v) is 6.08. The number of piperidine rings is 1. The second-order valence-electron chi connectivity index (χ2n) is 2.61. The van der Waals surface area contributed by atoms with Crippen LogP contribution in [-0.2, 0) is 37.4 Å². The Morgan fingerprint density at radius 1 is 1.12 bits per heavy atom. The Balaban J connectivity index is -0.000000305. The van der Waals surface area contributed by atoms with Crippen LogP contribution >= 0.6 is 0 Å². The monoisotopic (exact) mass is 301 g/mol. The van der Waals surface area contributed by atoms with Gasteiger partial charge in [0.25, 0.3) is 0 Å². The topological polar surface area (TPSA) is 23.3 Å². The van der Waals surface area contributed by atoms with Gasteiger partial charge in [-0.15, -0.1) is 19.0 Å². The summed E-state index contributed by atoms with van der Waals surface area (Å²) in [6, 6.07) is 0. The predicted molar refractivity (Wildman–Crippen MR) is 68.2 cm³/mol. The van der Waals surface area contributed by atoms with E-state index in [0.717, 1.165) is 25.9 Å². The van der Waals surface area contributed by atoms with E-state index in [9.17, 15) is 0 Å². The van der Waals surface area contributed by atoms with Crippen molar-refractivity contribution in [2.24, 2.45) is 0 Å². The molecule has 1 aliphatic rings. The van der Waals surface area contributed by atoms with Crippen molar-refractivity contribution in [2.75, 3.05) is 19.7 Å². The maximum absolute atomic E-state index is 5.49. The molecule has 2 nitrogen and oxygen atoms in total. The Labute approximate surface area is 127 Å². The van der Waals surface area contributed by atoms with Crippen molar-refractivity contribution in [1.82, 2.24) is 0 Å². The van der Waals surface area contributed by atoms with E-state index in [1.165, 1.54) is 0 Å². The van der Waals surface area contributed by atoms with E-state index in [1.807, 2.05) is 34.6 Å². The van der Waals surface area contributed by atoms with Crippen molar-refractivity contribution in [3.8, 4) is 11.8 Å². The fourth-order valence-electron chi connectivity index (χ4n) is 1.13. The van der Waals surface area contributed by atoms with Gasteiger partial charge in [0.1, 0.15) is 6.61 Å². The molecular formula is C13H26NOY-. The van der Waals surface area contributed by atoms with Crippen LogP contribution in [0, 0.1) is 11.8 Å². The minimum atomic E-state index is 0. The summed E-state index contributed by atoms with van der Waals surface area (Å²) in [6.07, 6.45) is 2.56. The number of hydrogen-bond acceptors (Lipinski definition) is 1. The van der Waals surface area contributed by atoms with Crippen molar-refractivity contribution in [3.05, 3.63) is 5.32 Å². The van der Waals surface area contributed by atoms with Crippen molar-refractivity contribution in [3.63, 3.8) is 0 Å². The molecule has 0 spiro atoms. The summed E-state index contributed by atoms with van der Waals surface area (Å²) in [5.41, 5.74) is 0. The molecule has 0 aliphatic carbocycles. The summed E-state index contributed by atoms with van der Waals surface area (Å²) < 4.78 is 5.49. The summed E-state index contributed by atoms with van der Waals surface area (Å²) in [4.78, 5) is 0. The van der Waals surface area contributed by atoms with E-state index in [2.05, 4.69) is 17.2 Å². The van der Waals surface area contributed by atoms with Crippen LogP contribution < -0.4 is 0 Å². The average Bonchev–Trinajstić information content (AvgIpc) is 2.36. The van der Waals surface area contributed by atoms with Gasteiger partial charge >= 0.3 is 0 Å². The molecule has 1 saturated heterocycles. The van der Waals surface area contributed by atoms with Gasteiger partial charge in [-0.3, -0.25) is 0 Å². The van der Waals surface area contributed by atoms with Crippen LogP contribution in [0.4, 0.5) is 0 Å². The summed E-state index contributed by atoms with van der Waals surface area (Å²) in [5, 5.41) is 4.24. The maximum atomic E-state index is 5.49. The summed E-state index contributed by atoms with van der Waals surface area (Å²) in [5.74, 6) is 5.70. The van der Waals surface area contributed by atoms with Gasteiger partial charge in [-0.25, -0.2) is 0 Å². The minimum Gasteiger partial charge on any atom is -0.662 e. The van der Waals surface area contributed by atoms with Gasteiger partial charge in [0.2, 0.25) is 0 Å². The molecule has 93 valence electrons. The molecule has 1 radical (unpaired) electrons. The van der Waals surface area contributed by atoms with Crippen LogP contribution in [0.5, 0.6) is 0 Å². The van der Waals surface area contributed by atoms with Crippen molar-refractivity contribution in [1.29, 1.82) is 0 Å². The molecule has 0 aromatic carbocycles. The summed E-state index contributed by atoms with van der Waals surface area (Å²) >= 11 is 0. The maximum Gasteiger partial charge on any atom is 0.108 e. The fourth-order valence-corrected chi connectivity index (χ4v) is 1.13. The first-order valence-electron chi connectivity index (χ1n) is 6.08. The van der Waals surface area contributed by atoms with Crippen LogP contribution in [0.3, 0.4) is 0 Å². The van der Waals surface area contributed by atoms with E-state index >= 15 is 0 Å². The van der Waals surface area contributed by atoms with E-state index in [1.54, 1.807) is 0 Å². The SMILES string of the molecule is CC.CC.CC#CCOC1CC[N-]CC1.[Y]. The number of ether oxygens (including phenoxy) is 1. The van der Waals surface area contributed by atoms with Gasteiger partial charge in [0.05, 0.1) is 6.10 Å². The number of rotatable bonds is 2. The zero-order valence-corrected chi connectivity index (χ0v) is 14.4.